The molecule has 2 rings (SSSR count). The van der Waals surface area contributed by atoms with Crippen molar-refractivity contribution in [1.82, 2.24) is 16.0 Å². The molecule has 140 valence electrons. The van der Waals surface area contributed by atoms with E-state index in [1.807, 2.05) is 24.3 Å². The molecule has 0 aromatic heterocycles. The summed E-state index contributed by atoms with van der Waals surface area (Å²) >= 11 is 0. The van der Waals surface area contributed by atoms with Crippen LogP contribution in [0.4, 0.5) is 0 Å². The Hall–Kier alpha value is -1.51. The van der Waals surface area contributed by atoms with E-state index in [9.17, 15) is 4.79 Å². The predicted octanol–water partition coefficient (Wildman–Crippen LogP) is 2.08. The van der Waals surface area contributed by atoms with E-state index in [1.54, 1.807) is 7.05 Å². The van der Waals surface area contributed by atoms with Crippen LogP contribution in [0.5, 0.6) is 5.75 Å². The lowest BCUT2D eigenvalue weighted by Gasteiger charge is -2.11. The number of ether oxygens (including phenoxy) is 1. The van der Waals surface area contributed by atoms with Gasteiger partial charge in [0.25, 0.3) is 5.91 Å². The van der Waals surface area contributed by atoms with Gasteiger partial charge in [-0.15, -0.1) is 24.0 Å². The van der Waals surface area contributed by atoms with Gasteiger partial charge < -0.3 is 20.7 Å². The second-order valence-electron chi connectivity index (χ2n) is 5.95. The van der Waals surface area contributed by atoms with Crippen molar-refractivity contribution in [2.45, 2.75) is 38.6 Å². The molecule has 1 amide bonds. The maximum absolute atomic E-state index is 11.6. The molecule has 0 radical (unpaired) electrons. The summed E-state index contributed by atoms with van der Waals surface area (Å²) in [5.41, 5.74) is 1.21. The van der Waals surface area contributed by atoms with Gasteiger partial charge in [-0.05, 0) is 43.4 Å². The minimum Gasteiger partial charge on any atom is -0.484 e. The maximum Gasteiger partial charge on any atom is 0.258 e. The topological polar surface area (TPSA) is 74.8 Å². The van der Waals surface area contributed by atoms with E-state index >= 15 is 0 Å². The van der Waals surface area contributed by atoms with Crippen LogP contribution in [-0.2, 0) is 11.2 Å². The number of rotatable bonds is 9. The Morgan fingerprint density at radius 1 is 1.20 bits per heavy atom. The number of guanidine groups is 1. The SMILES string of the molecule is CCCNC(=NC)NCCc1ccc(OCC(=O)NC2CC2)cc1.I. The van der Waals surface area contributed by atoms with Gasteiger partial charge in [-0.25, -0.2) is 0 Å². The van der Waals surface area contributed by atoms with E-state index in [4.69, 9.17) is 4.74 Å². The average Bonchev–Trinajstić information content (AvgIpc) is 3.41. The fraction of sp³-hybridized carbons (Fsp3) is 0.556. The molecule has 1 aromatic carbocycles. The molecule has 0 atom stereocenters. The van der Waals surface area contributed by atoms with Gasteiger partial charge in [0.05, 0.1) is 0 Å². The first-order valence-electron chi connectivity index (χ1n) is 8.67. The zero-order valence-corrected chi connectivity index (χ0v) is 17.3. The normalized spacial score (nSPS) is 13.6. The Balaban J connectivity index is 0.00000312. The minimum atomic E-state index is -0.0447. The Bertz CT molecular complexity index is 545. The number of aliphatic imine (C=N–C) groups is 1. The Kier molecular flexibility index (Phi) is 10.3. The summed E-state index contributed by atoms with van der Waals surface area (Å²) < 4.78 is 5.50. The standard InChI is InChI=1S/C18H28N4O2.HI/c1-3-11-20-18(19-2)21-12-10-14-4-8-16(9-5-14)24-13-17(23)22-15-6-7-15;/h4-5,8-9,15H,3,6-7,10-13H2,1-2H3,(H,22,23)(H2,19,20,21);1H. The third kappa shape index (κ3) is 8.94. The Labute approximate surface area is 167 Å². The maximum atomic E-state index is 11.6. The molecule has 6 nitrogen and oxygen atoms in total. The predicted molar refractivity (Wildman–Crippen MR) is 112 cm³/mol. The number of nitrogens with one attached hydrogen (secondary N) is 3. The zero-order valence-electron chi connectivity index (χ0n) is 15.0. The highest BCUT2D eigenvalue weighted by molar-refractivity contribution is 14.0. The van der Waals surface area contributed by atoms with Gasteiger partial charge in [-0.2, -0.15) is 0 Å². The minimum absolute atomic E-state index is 0. The Morgan fingerprint density at radius 3 is 2.48 bits per heavy atom. The van der Waals surface area contributed by atoms with Gasteiger partial charge in [-0.1, -0.05) is 19.1 Å². The van der Waals surface area contributed by atoms with Gasteiger partial charge in [0.2, 0.25) is 0 Å². The number of hydrogen-bond acceptors (Lipinski definition) is 3. The average molecular weight is 460 g/mol. The van der Waals surface area contributed by atoms with Crippen LogP contribution < -0.4 is 20.7 Å². The molecule has 0 bridgehead atoms. The summed E-state index contributed by atoms with van der Waals surface area (Å²) in [4.78, 5) is 15.8. The van der Waals surface area contributed by atoms with Crippen LogP contribution in [0, 0.1) is 0 Å². The van der Waals surface area contributed by atoms with Gasteiger partial charge in [0.15, 0.2) is 12.6 Å². The summed E-state index contributed by atoms with van der Waals surface area (Å²) in [6.07, 6.45) is 4.15. The van der Waals surface area contributed by atoms with Crippen LogP contribution in [-0.4, -0.2) is 44.7 Å². The number of hydrogen-bond donors (Lipinski definition) is 3. The van der Waals surface area contributed by atoms with E-state index in [0.29, 0.717) is 6.04 Å². The fourth-order valence-corrected chi connectivity index (χ4v) is 2.19. The van der Waals surface area contributed by atoms with E-state index in [-0.39, 0.29) is 36.5 Å². The van der Waals surface area contributed by atoms with Gasteiger partial charge >= 0.3 is 0 Å². The number of amides is 1. The third-order valence-corrected chi connectivity index (χ3v) is 3.71. The second-order valence-corrected chi connectivity index (χ2v) is 5.95. The monoisotopic (exact) mass is 460 g/mol. The Morgan fingerprint density at radius 2 is 1.88 bits per heavy atom. The summed E-state index contributed by atoms with van der Waals surface area (Å²) in [7, 11) is 1.77. The van der Waals surface area contributed by atoms with Crippen LogP contribution in [0.3, 0.4) is 0 Å². The van der Waals surface area contributed by atoms with E-state index in [1.165, 1.54) is 5.56 Å². The molecule has 0 spiro atoms. The van der Waals surface area contributed by atoms with Crippen molar-refractivity contribution in [3.63, 3.8) is 0 Å². The molecular weight excluding hydrogens is 431 g/mol. The van der Waals surface area contributed by atoms with E-state index < -0.39 is 0 Å². The lowest BCUT2D eigenvalue weighted by Crippen LogP contribution is -2.38. The molecule has 1 saturated carbocycles. The molecule has 7 heteroatoms. The van der Waals surface area contributed by atoms with Crippen LogP contribution in [0.1, 0.15) is 31.7 Å². The molecular formula is C18H29IN4O2. The molecule has 1 fully saturated rings. The van der Waals surface area contributed by atoms with Crippen LogP contribution in [0.25, 0.3) is 0 Å². The molecule has 25 heavy (non-hydrogen) atoms. The third-order valence-electron chi connectivity index (χ3n) is 3.71. The van der Waals surface area contributed by atoms with Gasteiger partial charge in [-0.3, -0.25) is 9.79 Å². The van der Waals surface area contributed by atoms with Crippen molar-refractivity contribution in [1.29, 1.82) is 0 Å². The van der Waals surface area contributed by atoms with Crippen molar-refractivity contribution in [3.8, 4) is 5.75 Å². The highest BCUT2D eigenvalue weighted by Gasteiger charge is 2.23. The summed E-state index contributed by atoms with van der Waals surface area (Å²) in [6.45, 7) is 3.93. The van der Waals surface area contributed by atoms with E-state index in [2.05, 4.69) is 27.9 Å². The highest BCUT2D eigenvalue weighted by atomic mass is 127. The number of benzene rings is 1. The van der Waals surface area contributed by atoms with Crippen molar-refractivity contribution >= 4 is 35.8 Å². The fourth-order valence-electron chi connectivity index (χ4n) is 2.19. The first-order chi connectivity index (χ1) is 11.7. The molecule has 0 aliphatic heterocycles. The first-order valence-corrected chi connectivity index (χ1v) is 8.67. The molecule has 3 N–H and O–H groups in total. The van der Waals surface area contributed by atoms with Crippen molar-refractivity contribution in [2.75, 3.05) is 26.7 Å². The largest absolute Gasteiger partial charge is 0.484 e. The lowest BCUT2D eigenvalue weighted by atomic mass is 10.1. The summed E-state index contributed by atoms with van der Waals surface area (Å²) in [5, 5.41) is 9.43. The highest BCUT2D eigenvalue weighted by Crippen LogP contribution is 2.18. The molecule has 1 aliphatic carbocycles. The summed E-state index contributed by atoms with van der Waals surface area (Å²) in [6, 6.07) is 8.24. The van der Waals surface area contributed by atoms with E-state index in [0.717, 1.165) is 50.5 Å². The molecule has 0 unspecified atom stereocenters. The molecule has 0 saturated heterocycles. The number of carbonyl (C=O) groups excluding carboxylic acids is 1. The van der Waals surface area contributed by atoms with Gasteiger partial charge in [0, 0.05) is 26.2 Å². The van der Waals surface area contributed by atoms with Crippen LogP contribution >= 0.6 is 24.0 Å². The van der Waals surface area contributed by atoms with Crippen LogP contribution in [0.15, 0.2) is 29.3 Å². The lowest BCUT2D eigenvalue weighted by molar-refractivity contribution is -0.123. The molecule has 1 aliphatic rings. The van der Waals surface area contributed by atoms with Gasteiger partial charge in [0.1, 0.15) is 5.75 Å². The smallest absolute Gasteiger partial charge is 0.258 e. The number of halogens is 1. The number of carbonyl (C=O) groups is 1. The zero-order chi connectivity index (χ0) is 17.2. The van der Waals surface area contributed by atoms with Crippen LogP contribution in [0.2, 0.25) is 0 Å². The number of nitrogens with zero attached hydrogens (tertiary/aromatic N) is 1. The molecule has 1 aromatic rings. The van der Waals surface area contributed by atoms with Crippen molar-refractivity contribution in [3.05, 3.63) is 29.8 Å². The van der Waals surface area contributed by atoms with Crippen molar-refractivity contribution < 1.29 is 9.53 Å². The molecule has 0 heterocycles. The first kappa shape index (κ1) is 21.5. The second kappa shape index (κ2) is 11.9. The van der Waals surface area contributed by atoms with Crippen molar-refractivity contribution in [2.24, 2.45) is 4.99 Å². The summed E-state index contributed by atoms with van der Waals surface area (Å²) in [5.74, 6) is 1.51. The quantitative estimate of drug-likeness (QED) is 0.300.